The summed E-state index contributed by atoms with van der Waals surface area (Å²) in [6, 6.07) is 3.83. The van der Waals surface area contributed by atoms with Crippen LogP contribution in [0.5, 0.6) is 0 Å². The van der Waals surface area contributed by atoms with Gasteiger partial charge in [-0.05, 0) is 30.7 Å². The van der Waals surface area contributed by atoms with E-state index in [-0.39, 0.29) is 10.1 Å². The highest BCUT2D eigenvalue weighted by Crippen LogP contribution is 2.27. The monoisotopic (exact) mass is 411 g/mol. The van der Waals surface area contributed by atoms with E-state index in [1.54, 1.807) is 0 Å². The van der Waals surface area contributed by atoms with Crippen molar-refractivity contribution in [2.24, 2.45) is 0 Å². The van der Waals surface area contributed by atoms with Crippen LogP contribution in [0, 0.1) is 0 Å². The molecule has 1 aliphatic heterocycles. The van der Waals surface area contributed by atoms with Crippen molar-refractivity contribution in [1.29, 1.82) is 0 Å². The molecule has 0 N–H and O–H groups in total. The van der Waals surface area contributed by atoms with Gasteiger partial charge in [0.1, 0.15) is 0 Å². The summed E-state index contributed by atoms with van der Waals surface area (Å²) < 4.78 is 30.2. The lowest BCUT2D eigenvalue weighted by Crippen LogP contribution is -2.17. The van der Waals surface area contributed by atoms with Crippen molar-refractivity contribution in [1.82, 2.24) is 20.3 Å². The fraction of sp³-hybridized carbons (Fsp3) is 0.467. The van der Waals surface area contributed by atoms with E-state index >= 15 is 0 Å². The van der Waals surface area contributed by atoms with Crippen molar-refractivity contribution >= 4 is 37.6 Å². The number of nitrogens with zero attached hydrogens (tertiary/aromatic N) is 5. The third kappa shape index (κ3) is 3.79. The zero-order valence-corrected chi connectivity index (χ0v) is 16.3. The van der Waals surface area contributed by atoms with E-state index in [1.165, 1.54) is 11.3 Å². The quantitative estimate of drug-likeness (QED) is 0.585. The van der Waals surface area contributed by atoms with Crippen LogP contribution in [0.2, 0.25) is 0 Å². The van der Waals surface area contributed by atoms with E-state index in [9.17, 15) is 8.42 Å². The van der Waals surface area contributed by atoms with Gasteiger partial charge in [-0.2, -0.15) is 4.98 Å². The van der Waals surface area contributed by atoms with Crippen LogP contribution in [0.3, 0.4) is 0 Å². The lowest BCUT2D eigenvalue weighted by Gasteiger charge is -2.10. The van der Waals surface area contributed by atoms with Crippen molar-refractivity contribution < 1.29 is 12.9 Å². The molecule has 1 fully saturated rings. The molecule has 0 amide bonds. The van der Waals surface area contributed by atoms with Gasteiger partial charge in [0.25, 0.3) is 0 Å². The molecule has 0 bridgehead atoms. The Hall–Kier alpha value is -1.85. The Kier molecular flexibility index (Phi) is 5.00. The second-order valence-electron chi connectivity index (χ2n) is 5.96. The molecule has 3 aromatic rings. The molecule has 0 spiro atoms. The number of sulfone groups is 1. The molecule has 1 aliphatic rings. The van der Waals surface area contributed by atoms with Gasteiger partial charge in [-0.3, -0.25) is 0 Å². The number of aryl methyl sites for hydroxylation is 1. The minimum absolute atomic E-state index is 0.0155. The van der Waals surface area contributed by atoms with Crippen LogP contribution in [0.25, 0.3) is 10.7 Å². The summed E-state index contributed by atoms with van der Waals surface area (Å²) in [5.41, 5.74) is 0. The maximum Gasteiger partial charge on any atom is 0.234 e. The summed E-state index contributed by atoms with van der Waals surface area (Å²) in [7, 11) is -3.45. The van der Waals surface area contributed by atoms with Gasteiger partial charge in [-0.15, -0.1) is 21.5 Å². The van der Waals surface area contributed by atoms with Gasteiger partial charge >= 0.3 is 0 Å². The smallest absolute Gasteiger partial charge is 0.234 e. The summed E-state index contributed by atoms with van der Waals surface area (Å²) in [6.07, 6.45) is 3.03. The van der Waals surface area contributed by atoms with Crippen LogP contribution in [0.4, 0.5) is 5.13 Å². The normalized spacial score (nSPS) is 15.0. The fourth-order valence-corrected chi connectivity index (χ4v) is 5.85. The van der Waals surface area contributed by atoms with Crippen LogP contribution < -0.4 is 4.90 Å². The highest BCUT2D eigenvalue weighted by molar-refractivity contribution is 7.93. The van der Waals surface area contributed by atoms with E-state index in [0.29, 0.717) is 29.7 Å². The fourth-order valence-electron chi connectivity index (χ4n) is 2.73. The lowest BCUT2D eigenvalue weighted by atomic mass is 10.3. The van der Waals surface area contributed by atoms with Crippen molar-refractivity contribution in [3.05, 3.63) is 23.4 Å². The highest BCUT2D eigenvalue weighted by atomic mass is 32.2. The van der Waals surface area contributed by atoms with Crippen molar-refractivity contribution in [2.75, 3.05) is 23.7 Å². The van der Waals surface area contributed by atoms with E-state index < -0.39 is 9.84 Å². The molecule has 0 aromatic carbocycles. The Morgan fingerprint density at radius 1 is 1.23 bits per heavy atom. The number of hydrogen-bond donors (Lipinski definition) is 0. The molecule has 1 saturated heterocycles. The van der Waals surface area contributed by atoms with Crippen LogP contribution in [0.15, 0.2) is 26.4 Å². The maximum absolute atomic E-state index is 12.5. The molecule has 0 unspecified atom stereocenters. The zero-order chi connectivity index (χ0) is 18.0. The summed E-state index contributed by atoms with van der Waals surface area (Å²) in [5.74, 6) is 0.967. The Morgan fingerprint density at radius 3 is 2.85 bits per heavy atom. The minimum atomic E-state index is -3.45. The largest absolute Gasteiger partial charge is 0.347 e. The Morgan fingerprint density at radius 2 is 2.08 bits per heavy atom. The molecule has 0 radical (unpaired) electrons. The second kappa shape index (κ2) is 7.41. The van der Waals surface area contributed by atoms with E-state index in [0.717, 1.165) is 42.1 Å². The van der Waals surface area contributed by atoms with Crippen molar-refractivity contribution in [3.63, 3.8) is 0 Å². The van der Waals surface area contributed by atoms with Crippen LogP contribution in [-0.4, -0.2) is 47.6 Å². The highest BCUT2D eigenvalue weighted by Gasteiger charge is 2.24. The number of thiophene rings is 1. The number of anilines is 1. The summed E-state index contributed by atoms with van der Waals surface area (Å²) in [5, 5.41) is 14.5. The molecular formula is C15H17N5O3S3. The number of aromatic nitrogens is 4. The third-order valence-electron chi connectivity index (χ3n) is 4.05. The van der Waals surface area contributed by atoms with Gasteiger partial charge in [0.15, 0.2) is 0 Å². The molecule has 8 nitrogen and oxygen atoms in total. The molecule has 4 heterocycles. The van der Waals surface area contributed by atoms with Gasteiger partial charge < -0.3 is 9.42 Å². The summed E-state index contributed by atoms with van der Waals surface area (Å²) in [4.78, 5) is 7.32. The first-order valence-electron chi connectivity index (χ1n) is 8.29. The predicted molar refractivity (Wildman–Crippen MR) is 99.3 cm³/mol. The van der Waals surface area contributed by atoms with Gasteiger partial charge in [0, 0.05) is 19.5 Å². The first-order valence-corrected chi connectivity index (χ1v) is 11.6. The van der Waals surface area contributed by atoms with Gasteiger partial charge in [0.2, 0.25) is 31.0 Å². The van der Waals surface area contributed by atoms with Crippen LogP contribution in [0.1, 0.15) is 25.2 Å². The molecule has 3 aromatic heterocycles. The van der Waals surface area contributed by atoms with Crippen molar-refractivity contribution in [3.8, 4) is 10.7 Å². The molecule has 0 aliphatic carbocycles. The second-order valence-corrected chi connectivity index (χ2v) is 10.1. The Bertz CT molecular complexity index is 958. The minimum Gasteiger partial charge on any atom is -0.347 e. The molecule has 26 heavy (non-hydrogen) atoms. The topological polar surface area (TPSA) is 102 Å². The first kappa shape index (κ1) is 17.6. The molecular weight excluding hydrogens is 394 g/mol. The van der Waals surface area contributed by atoms with Gasteiger partial charge in [0.05, 0.1) is 10.6 Å². The number of rotatable bonds is 7. The first-order chi connectivity index (χ1) is 12.6. The van der Waals surface area contributed by atoms with E-state index in [2.05, 4.69) is 25.2 Å². The molecule has 11 heteroatoms. The third-order valence-corrected chi connectivity index (χ3v) is 8.15. The SMILES string of the molecule is O=S(=O)(CCCc1nc(-c2cccs2)no1)c1nnc(N2CCCC2)s1. The summed E-state index contributed by atoms with van der Waals surface area (Å²) >= 11 is 2.68. The lowest BCUT2D eigenvalue weighted by molar-refractivity contribution is 0.378. The molecule has 4 rings (SSSR count). The summed E-state index contributed by atoms with van der Waals surface area (Å²) in [6.45, 7) is 1.83. The van der Waals surface area contributed by atoms with Crippen LogP contribution in [-0.2, 0) is 16.3 Å². The molecule has 0 saturated carbocycles. The average Bonchev–Trinajstić information content (AvgIpc) is 3.41. The number of hydrogen-bond acceptors (Lipinski definition) is 10. The van der Waals surface area contributed by atoms with E-state index in [1.807, 2.05) is 17.5 Å². The van der Waals surface area contributed by atoms with Gasteiger partial charge in [-0.25, -0.2) is 8.42 Å². The van der Waals surface area contributed by atoms with Crippen molar-refractivity contribution in [2.45, 2.75) is 30.0 Å². The van der Waals surface area contributed by atoms with E-state index in [4.69, 9.17) is 4.52 Å². The Labute approximate surface area is 158 Å². The maximum atomic E-state index is 12.5. The molecule has 0 atom stereocenters. The zero-order valence-electron chi connectivity index (χ0n) is 13.9. The average molecular weight is 412 g/mol. The Balaban J connectivity index is 1.35. The predicted octanol–water partition coefficient (Wildman–Crippen LogP) is 2.66. The van der Waals surface area contributed by atoms with Crippen LogP contribution >= 0.6 is 22.7 Å². The van der Waals surface area contributed by atoms with Gasteiger partial charge in [-0.1, -0.05) is 22.6 Å². The molecule has 138 valence electrons. The standard InChI is InChI=1S/C15H17N5O3S3/c21-26(22,15-18-17-14(25-15)20-7-1-2-8-20)10-4-6-12-16-13(19-23-12)11-5-3-9-24-11/h3,5,9H,1-2,4,6-8,10H2.